The van der Waals surface area contributed by atoms with Crippen molar-refractivity contribution in [1.29, 1.82) is 0 Å². The zero-order chi connectivity index (χ0) is 13.0. The lowest BCUT2D eigenvalue weighted by atomic mass is 9.98. The van der Waals surface area contributed by atoms with Gasteiger partial charge in [-0.15, -0.1) is 12.4 Å². The van der Waals surface area contributed by atoms with Gasteiger partial charge in [0.2, 0.25) is 11.8 Å². The zero-order valence-corrected chi connectivity index (χ0v) is 11.8. The van der Waals surface area contributed by atoms with Gasteiger partial charge in [0.15, 0.2) is 0 Å². The minimum absolute atomic E-state index is 0. The van der Waals surface area contributed by atoms with Crippen LogP contribution in [-0.2, 0) is 9.59 Å². The topological polar surface area (TPSA) is 98.2 Å². The Kier molecular flexibility index (Phi) is 7.25. The Labute approximate surface area is 114 Å². The van der Waals surface area contributed by atoms with E-state index in [1.54, 1.807) is 0 Å². The lowest BCUT2D eigenvalue weighted by molar-refractivity contribution is -0.128. The third-order valence-corrected chi connectivity index (χ3v) is 3.46. The molecule has 0 heterocycles. The van der Waals surface area contributed by atoms with Gasteiger partial charge in [-0.2, -0.15) is 0 Å². The number of primary amides is 1. The van der Waals surface area contributed by atoms with E-state index >= 15 is 0 Å². The Morgan fingerprint density at radius 3 is 2.33 bits per heavy atom. The maximum Gasteiger partial charge on any atom is 0.240 e. The quantitative estimate of drug-likeness (QED) is 0.684. The number of carbonyl (C=O) groups excluding carboxylic acids is 2. The predicted molar refractivity (Wildman–Crippen MR) is 73.1 cm³/mol. The van der Waals surface area contributed by atoms with Crippen LogP contribution in [0.15, 0.2) is 0 Å². The Hall–Kier alpha value is -0.810. The molecule has 1 fully saturated rings. The van der Waals surface area contributed by atoms with Gasteiger partial charge in [0.25, 0.3) is 0 Å². The van der Waals surface area contributed by atoms with Crippen LogP contribution in [-0.4, -0.2) is 23.9 Å². The van der Waals surface area contributed by atoms with E-state index < -0.39 is 11.9 Å². The molecule has 0 saturated heterocycles. The lowest BCUT2D eigenvalue weighted by Gasteiger charge is -2.21. The van der Waals surface area contributed by atoms with Gasteiger partial charge < -0.3 is 16.8 Å². The van der Waals surface area contributed by atoms with Gasteiger partial charge in [0.05, 0.1) is 0 Å². The summed E-state index contributed by atoms with van der Waals surface area (Å²) in [5, 5.41) is 2.69. The van der Waals surface area contributed by atoms with Crippen molar-refractivity contribution < 1.29 is 9.59 Å². The van der Waals surface area contributed by atoms with Crippen LogP contribution in [0.3, 0.4) is 0 Å². The molecule has 0 bridgehead atoms. The molecule has 5 N–H and O–H groups in total. The van der Waals surface area contributed by atoms with Crippen molar-refractivity contribution in [3.63, 3.8) is 0 Å². The van der Waals surface area contributed by atoms with Crippen LogP contribution >= 0.6 is 12.4 Å². The monoisotopic (exact) mass is 277 g/mol. The predicted octanol–water partition coefficient (Wildman–Crippen LogP) is 0.552. The molecular formula is C12H24ClN3O2. The Morgan fingerprint density at radius 2 is 1.94 bits per heavy atom. The second-order valence-corrected chi connectivity index (χ2v) is 5.25. The highest BCUT2D eigenvalue weighted by Gasteiger charge is 2.28. The fourth-order valence-corrected chi connectivity index (χ4v) is 2.36. The molecule has 1 saturated carbocycles. The summed E-state index contributed by atoms with van der Waals surface area (Å²) >= 11 is 0. The Bertz CT molecular complexity index is 297. The summed E-state index contributed by atoms with van der Waals surface area (Å²) in [5.74, 6) is -0.349. The van der Waals surface area contributed by atoms with Crippen LogP contribution < -0.4 is 16.8 Å². The molecule has 0 aromatic rings. The molecule has 0 radical (unpaired) electrons. The number of nitrogens with two attached hydrogens (primary N) is 2. The molecule has 0 aromatic heterocycles. The summed E-state index contributed by atoms with van der Waals surface area (Å²) < 4.78 is 0. The summed E-state index contributed by atoms with van der Waals surface area (Å²) in [5.41, 5.74) is 11.1. The van der Waals surface area contributed by atoms with Crippen molar-refractivity contribution in [2.75, 3.05) is 0 Å². The molecule has 0 spiro atoms. The van der Waals surface area contributed by atoms with Crippen molar-refractivity contribution >= 4 is 24.2 Å². The largest absolute Gasteiger partial charge is 0.368 e. The van der Waals surface area contributed by atoms with E-state index in [1.807, 2.05) is 13.8 Å². The van der Waals surface area contributed by atoms with E-state index in [0.29, 0.717) is 6.42 Å². The molecule has 2 amide bonds. The molecule has 6 heteroatoms. The van der Waals surface area contributed by atoms with Gasteiger partial charge in [-0.3, -0.25) is 9.59 Å². The highest BCUT2D eigenvalue weighted by molar-refractivity contribution is 5.86. The smallest absolute Gasteiger partial charge is 0.240 e. The van der Waals surface area contributed by atoms with Crippen molar-refractivity contribution in [3.05, 3.63) is 0 Å². The number of halogens is 1. The standard InChI is InChI=1S/C12H23N3O2.ClH/c1-7(2)11(12(14)17)15-10(16)6-8-4-3-5-9(8)13;/h7-9,11H,3-6,13H2,1-2H3,(H2,14,17)(H,15,16);1H/t8-,9+,11?;/m0./s1. The lowest BCUT2D eigenvalue weighted by Crippen LogP contribution is -2.48. The maximum absolute atomic E-state index is 11.8. The van der Waals surface area contributed by atoms with Gasteiger partial charge in [0.1, 0.15) is 6.04 Å². The first-order valence-corrected chi connectivity index (χ1v) is 6.26. The maximum atomic E-state index is 11.8. The van der Waals surface area contributed by atoms with Crippen molar-refractivity contribution in [1.82, 2.24) is 5.32 Å². The number of hydrogen-bond acceptors (Lipinski definition) is 3. The number of nitrogens with one attached hydrogen (secondary N) is 1. The number of rotatable bonds is 5. The SMILES string of the molecule is CC(C)C(NC(=O)C[C@@H]1CCC[C@H]1N)C(N)=O.Cl. The molecule has 3 atom stereocenters. The third kappa shape index (κ3) is 4.82. The molecule has 5 nitrogen and oxygen atoms in total. The third-order valence-electron chi connectivity index (χ3n) is 3.46. The second kappa shape index (κ2) is 7.59. The molecule has 18 heavy (non-hydrogen) atoms. The van der Waals surface area contributed by atoms with Gasteiger partial charge in [-0.25, -0.2) is 0 Å². The summed E-state index contributed by atoms with van der Waals surface area (Å²) in [4.78, 5) is 23.0. The minimum atomic E-state index is -0.583. The number of carbonyl (C=O) groups is 2. The zero-order valence-electron chi connectivity index (χ0n) is 11.0. The van der Waals surface area contributed by atoms with Crippen LogP contribution in [0.1, 0.15) is 39.5 Å². The molecule has 0 aliphatic heterocycles. The average molecular weight is 278 g/mol. The second-order valence-electron chi connectivity index (χ2n) is 5.25. The van der Waals surface area contributed by atoms with Crippen molar-refractivity contribution in [3.8, 4) is 0 Å². The van der Waals surface area contributed by atoms with Gasteiger partial charge in [-0.1, -0.05) is 20.3 Å². The van der Waals surface area contributed by atoms with E-state index in [9.17, 15) is 9.59 Å². The summed E-state index contributed by atoms with van der Waals surface area (Å²) in [7, 11) is 0. The van der Waals surface area contributed by atoms with Crippen LogP contribution in [0.2, 0.25) is 0 Å². The first-order chi connectivity index (χ1) is 7.91. The number of amides is 2. The normalized spacial score (nSPS) is 24.4. The fourth-order valence-electron chi connectivity index (χ4n) is 2.36. The molecule has 1 aliphatic rings. The molecular weight excluding hydrogens is 254 g/mol. The first-order valence-electron chi connectivity index (χ1n) is 6.26. The van der Waals surface area contributed by atoms with E-state index in [4.69, 9.17) is 11.5 Å². The first kappa shape index (κ1) is 17.2. The summed E-state index contributed by atoms with van der Waals surface area (Å²) in [6, 6.07) is -0.466. The van der Waals surface area contributed by atoms with Crippen molar-refractivity contribution in [2.24, 2.45) is 23.3 Å². The van der Waals surface area contributed by atoms with Crippen LogP contribution in [0, 0.1) is 11.8 Å². The summed E-state index contributed by atoms with van der Waals surface area (Å²) in [6.07, 6.45) is 3.47. The van der Waals surface area contributed by atoms with E-state index in [2.05, 4.69) is 5.32 Å². The number of hydrogen-bond donors (Lipinski definition) is 3. The fraction of sp³-hybridized carbons (Fsp3) is 0.833. The van der Waals surface area contributed by atoms with E-state index in [0.717, 1.165) is 19.3 Å². The van der Waals surface area contributed by atoms with Crippen molar-refractivity contribution in [2.45, 2.75) is 51.6 Å². The minimum Gasteiger partial charge on any atom is -0.368 e. The van der Waals surface area contributed by atoms with Crippen LogP contribution in [0.5, 0.6) is 0 Å². The molecule has 106 valence electrons. The highest BCUT2D eigenvalue weighted by Crippen LogP contribution is 2.26. The summed E-state index contributed by atoms with van der Waals surface area (Å²) in [6.45, 7) is 3.72. The molecule has 1 unspecified atom stereocenters. The molecule has 1 rings (SSSR count). The highest BCUT2D eigenvalue weighted by atomic mass is 35.5. The Morgan fingerprint density at radius 1 is 1.33 bits per heavy atom. The van der Waals surface area contributed by atoms with E-state index in [1.165, 1.54) is 0 Å². The van der Waals surface area contributed by atoms with E-state index in [-0.39, 0.29) is 36.2 Å². The van der Waals surface area contributed by atoms with Crippen LogP contribution in [0.4, 0.5) is 0 Å². The van der Waals surface area contributed by atoms with Crippen LogP contribution in [0.25, 0.3) is 0 Å². The average Bonchev–Trinajstić information content (AvgIpc) is 2.60. The Balaban J connectivity index is 0.00000289. The van der Waals surface area contributed by atoms with Gasteiger partial charge >= 0.3 is 0 Å². The molecule has 0 aromatic carbocycles. The van der Waals surface area contributed by atoms with Gasteiger partial charge in [0, 0.05) is 12.5 Å². The molecule has 1 aliphatic carbocycles. The van der Waals surface area contributed by atoms with Gasteiger partial charge in [-0.05, 0) is 24.7 Å².